The molecule has 0 aliphatic carbocycles. The van der Waals surface area contributed by atoms with Crippen molar-refractivity contribution in [3.63, 3.8) is 0 Å². The van der Waals surface area contributed by atoms with E-state index < -0.39 is 0 Å². The minimum Gasteiger partial charge on any atom is -1.00 e. The van der Waals surface area contributed by atoms with E-state index in [2.05, 4.69) is 55.9 Å². The molecule has 38 heavy (non-hydrogen) atoms. The number of ether oxygens (including phenoxy) is 1. The van der Waals surface area contributed by atoms with Gasteiger partial charge in [-0.25, -0.2) is 4.57 Å². The highest BCUT2D eigenvalue weighted by molar-refractivity contribution is 5.92. The van der Waals surface area contributed by atoms with E-state index in [1.807, 2.05) is 17.0 Å². The number of pyridine rings is 1. The monoisotopic (exact) mass is 636 g/mol. The summed E-state index contributed by atoms with van der Waals surface area (Å²) in [6, 6.07) is 10.3. The summed E-state index contributed by atoms with van der Waals surface area (Å²) in [4.78, 5) is 14.3. The van der Waals surface area contributed by atoms with Crippen molar-refractivity contribution in [2.24, 2.45) is 0 Å². The van der Waals surface area contributed by atoms with Crippen LogP contribution in [0.4, 0.5) is 5.69 Å². The largest absolute Gasteiger partial charge is 1.00 e. The number of nitrogens with zero attached hydrogens (tertiary/aromatic N) is 2. The first-order chi connectivity index (χ1) is 18.0. The Labute approximate surface area is 250 Å². The van der Waals surface area contributed by atoms with Gasteiger partial charge in [0.1, 0.15) is 12.3 Å². The number of halogens is 1. The first-order valence-electron chi connectivity index (χ1n) is 15.0. The van der Waals surface area contributed by atoms with Crippen molar-refractivity contribution in [2.45, 2.75) is 131 Å². The van der Waals surface area contributed by atoms with Gasteiger partial charge in [-0.2, -0.15) is 0 Å². The molecule has 0 radical (unpaired) electrons. The summed E-state index contributed by atoms with van der Waals surface area (Å²) in [5.41, 5.74) is 3.13. The van der Waals surface area contributed by atoms with Crippen LogP contribution in [0.3, 0.4) is 0 Å². The van der Waals surface area contributed by atoms with Crippen LogP contribution in [0.15, 0.2) is 42.7 Å². The van der Waals surface area contributed by atoms with Gasteiger partial charge in [0.2, 0.25) is 5.91 Å². The van der Waals surface area contributed by atoms with Crippen LogP contribution in [0.2, 0.25) is 0 Å². The molecule has 0 fully saturated rings. The second-order valence-corrected chi connectivity index (χ2v) is 10.5. The van der Waals surface area contributed by atoms with Gasteiger partial charge in [-0.05, 0) is 49.6 Å². The van der Waals surface area contributed by atoms with Crippen LogP contribution >= 0.6 is 0 Å². The van der Waals surface area contributed by atoms with Gasteiger partial charge in [0.15, 0.2) is 12.4 Å². The smallest absolute Gasteiger partial charge is 0.224 e. The molecule has 0 aliphatic heterocycles. The van der Waals surface area contributed by atoms with E-state index in [0.29, 0.717) is 6.54 Å². The number of anilines is 1. The molecule has 1 amide bonds. The van der Waals surface area contributed by atoms with E-state index in [1.54, 1.807) is 6.92 Å². The molecular formula is C33H53IN2O2. The summed E-state index contributed by atoms with van der Waals surface area (Å²) < 4.78 is 8.15. The third-order valence-corrected chi connectivity index (χ3v) is 7.27. The molecule has 1 heterocycles. The zero-order valence-electron chi connectivity index (χ0n) is 24.7. The standard InChI is InChI=1S/C33H53N2O2.HI/c1-5-7-8-9-10-11-12-13-14-15-16-17-18-19-26-37-32-20-21-33(29(3)27-32)35(30(4)36)28-31-22-24-34(6-2)25-23-31;/h20-25,27H,5-19,26,28H2,1-4H3;1H/q+1;/p-1. The molecule has 1 aromatic carbocycles. The van der Waals surface area contributed by atoms with E-state index in [0.717, 1.165) is 42.1 Å². The van der Waals surface area contributed by atoms with E-state index in [9.17, 15) is 4.79 Å². The van der Waals surface area contributed by atoms with Crippen molar-refractivity contribution in [3.05, 3.63) is 53.9 Å². The van der Waals surface area contributed by atoms with Crippen LogP contribution in [0.5, 0.6) is 5.75 Å². The number of unbranched alkanes of at least 4 members (excludes halogenated alkanes) is 13. The van der Waals surface area contributed by atoms with Crippen LogP contribution in [0.25, 0.3) is 0 Å². The highest BCUT2D eigenvalue weighted by Crippen LogP contribution is 2.27. The molecular weight excluding hydrogens is 583 g/mol. The number of hydrogen-bond acceptors (Lipinski definition) is 2. The lowest BCUT2D eigenvalue weighted by molar-refractivity contribution is -0.693. The Morgan fingerprint density at radius 3 is 1.79 bits per heavy atom. The van der Waals surface area contributed by atoms with Crippen LogP contribution in [0, 0.1) is 6.92 Å². The Morgan fingerprint density at radius 1 is 0.789 bits per heavy atom. The molecule has 2 aromatic rings. The second kappa shape index (κ2) is 21.2. The lowest BCUT2D eigenvalue weighted by Crippen LogP contribution is -3.00. The summed E-state index contributed by atoms with van der Waals surface area (Å²) in [6.45, 7) is 10.4. The Morgan fingerprint density at radius 2 is 1.32 bits per heavy atom. The molecule has 0 bridgehead atoms. The fourth-order valence-corrected chi connectivity index (χ4v) is 4.86. The highest BCUT2D eigenvalue weighted by Gasteiger charge is 2.15. The van der Waals surface area contributed by atoms with Crippen LogP contribution in [-0.2, 0) is 17.9 Å². The third-order valence-electron chi connectivity index (χ3n) is 7.27. The number of aromatic nitrogens is 1. The Kier molecular flexibility index (Phi) is 19.2. The van der Waals surface area contributed by atoms with Gasteiger partial charge in [0.05, 0.1) is 13.2 Å². The number of hydrogen-bond donors (Lipinski definition) is 0. The molecule has 0 aliphatic rings. The number of aryl methyl sites for hydroxylation is 2. The van der Waals surface area contributed by atoms with Crippen molar-refractivity contribution in [1.82, 2.24) is 0 Å². The lowest BCUT2D eigenvalue weighted by Gasteiger charge is -2.23. The predicted molar refractivity (Wildman–Crippen MR) is 156 cm³/mol. The number of carbonyl (C=O) groups is 1. The molecule has 0 saturated carbocycles. The highest BCUT2D eigenvalue weighted by atomic mass is 127. The molecule has 0 saturated heterocycles. The minimum atomic E-state index is 0. The maximum Gasteiger partial charge on any atom is 0.224 e. The average Bonchev–Trinajstić information content (AvgIpc) is 2.90. The first-order valence-corrected chi connectivity index (χ1v) is 15.0. The molecule has 2 rings (SSSR count). The number of rotatable bonds is 20. The van der Waals surface area contributed by atoms with Gasteiger partial charge >= 0.3 is 0 Å². The maximum absolute atomic E-state index is 12.4. The summed E-state index contributed by atoms with van der Waals surface area (Å²) >= 11 is 0. The van der Waals surface area contributed by atoms with Crippen molar-refractivity contribution < 1.29 is 38.1 Å². The molecule has 4 nitrogen and oxygen atoms in total. The van der Waals surface area contributed by atoms with E-state index in [4.69, 9.17) is 4.74 Å². The lowest BCUT2D eigenvalue weighted by atomic mass is 10.0. The third kappa shape index (κ3) is 14.0. The number of carbonyl (C=O) groups excluding carboxylic acids is 1. The molecule has 5 heteroatoms. The van der Waals surface area contributed by atoms with Gasteiger partial charge in [0, 0.05) is 24.7 Å². The van der Waals surface area contributed by atoms with Crippen LogP contribution < -0.4 is 38.2 Å². The summed E-state index contributed by atoms with van der Waals surface area (Å²) in [6.07, 6.45) is 23.2. The van der Waals surface area contributed by atoms with Crippen LogP contribution in [0.1, 0.15) is 122 Å². The summed E-state index contributed by atoms with van der Waals surface area (Å²) in [7, 11) is 0. The van der Waals surface area contributed by atoms with E-state index >= 15 is 0 Å². The van der Waals surface area contributed by atoms with Gasteiger partial charge in [-0.1, -0.05) is 90.4 Å². The van der Waals surface area contributed by atoms with Crippen molar-refractivity contribution >= 4 is 11.6 Å². The zero-order valence-corrected chi connectivity index (χ0v) is 26.8. The minimum absolute atomic E-state index is 0. The molecule has 214 valence electrons. The van der Waals surface area contributed by atoms with Crippen LogP contribution in [-0.4, -0.2) is 12.5 Å². The average molecular weight is 637 g/mol. The zero-order chi connectivity index (χ0) is 26.7. The fourth-order valence-electron chi connectivity index (χ4n) is 4.86. The molecule has 1 aromatic heterocycles. The van der Waals surface area contributed by atoms with Crippen molar-refractivity contribution in [3.8, 4) is 5.75 Å². The molecule has 0 atom stereocenters. The van der Waals surface area contributed by atoms with Crippen molar-refractivity contribution in [2.75, 3.05) is 11.5 Å². The Hall–Kier alpha value is -1.63. The normalized spacial score (nSPS) is 10.7. The summed E-state index contributed by atoms with van der Waals surface area (Å²) in [5.74, 6) is 0.939. The molecule has 0 unspecified atom stereocenters. The van der Waals surface area contributed by atoms with Crippen molar-refractivity contribution in [1.29, 1.82) is 0 Å². The summed E-state index contributed by atoms with van der Waals surface area (Å²) in [5, 5.41) is 0. The SMILES string of the molecule is CCCCCCCCCCCCCCCCOc1ccc(N(Cc2cc[n+](CC)cc2)C(C)=O)c(C)c1.[I-]. The maximum atomic E-state index is 12.4. The Balaban J connectivity index is 0.00000722. The van der Waals surface area contributed by atoms with Gasteiger partial charge in [-0.3, -0.25) is 4.79 Å². The fraction of sp³-hybridized carbons (Fsp3) is 0.636. The first kappa shape index (κ1) is 34.4. The topological polar surface area (TPSA) is 33.4 Å². The second-order valence-electron chi connectivity index (χ2n) is 10.5. The van der Waals surface area contributed by atoms with E-state index in [-0.39, 0.29) is 29.9 Å². The Bertz CT molecular complexity index is 885. The van der Waals surface area contributed by atoms with Gasteiger partial charge in [0.25, 0.3) is 0 Å². The van der Waals surface area contributed by atoms with Gasteiger partial charge < -0.3 is 33.6 Å². The van der Waals surface area contributed by atoms with Gasteiger partial charge in [-0.15, -0.1) is 0 Å². The quantitative estimate of drug-likeness (QED) is 0.106. The number of benzene rings is 1. The number of amides is 1. The van der Waals surface area contributed by atoms with E-state index in [1.165, 1.54) is 83.5 Å². The predicted octanol–water partition coefficient (Wildman–Crippen LogP) is 5.72. The molecule has 0 N–H and O–H groups in total. The molecule has 0 spiro atoms.